The number of aromatic nitrogens is 1. The molecule has 0 aliphatic carbocycles. The van der Waals surface area contributed by atoms with E-state index in [2.05, 4.69) is 25.1 Å². The summed E-state index contributed by atoms with van der Waals surface area (Å²) in [5.41, 5.74) is 4.34. The number of carbonyl (C=O) groups is 1. The van der Waals surface area contributed by atoms with Crippen molar-refractivity contribution in [1.29, 1.82) is 0 Å². The van der Waals surface area contributed by atoms with Crippen molar-refractivity contribution in [2.75, 3.05) is 25.6 Å². The lowest BCUT2D eigenvalue weighted by Gasteiger charge is -2.19. The van der Waals surface area contributed by atoms with Crippen molar-refractivity contribution in [3.63, 3.8) is 0 Å². The van der Waals surface area contributed by atoms with Gasteiger partial charge < -0.3 is 9.64 Å². The van der Waals surface area contributed by atoms with E-state index in [9.17, 15) is 4.79 Å². The number of likely N-dealkylation sites (N-methyl/N-ethyl adjacent to an activating group) is 1. The number of esters is 1. The van der Waals surface area contributed by atoms with Gasteiger partial charge in [0.15, 0.2) is 0 Å². The molecule has 0 spiro atoms. The molecule has 122 valence electrons. The molecule has 3 rings (SSSR count). The highest BCUT2D eigenvalue weighted by atomic mass is 16.5. The zero-order valence-corrected chi connectivity index (χ0v) is 14.1. The van der Waals surface area contributed by atoms with Crippen LogP contribution < -0.4 is 4.90 Å². The Bertz CT molecular complexity index is 875. The van der Waals surface area contributed by atoms with Gasteiger partial charge in [0.05, 0.1) is 12.6 Å². The van der Waals surface area contributed by atoms with Crippen molar-refractivity contribution < 1.29 is 9.53 Å². The second-order valence-electron chi connectivity index (χ2n) is 5.85. The number of rotatable bonds is 4. The van der Waals surface area contributed by atoms with E-state index in [-0.39, 0.29) is 12.5 Å². The molecule has 0 saturated carbocycles. The van der Waals surface area contributed by atoms with Crippen molar-refractivity contribution >= 4 is 22.7 Å². The maximum Gasteiger partial charge on any atom is 0.325 e. The SMILES string of the molecule is COC(=O)CN(C)c1cc(-c2ccccc2)c2cc(C)ccc2n1. The Hall–Kier alpha value is -2.88. The first-order valence-electron chi connectivity index (χ1n) is 7.83. The minimum absolute atomic E-state index is 0.162. The van der Waals surface area contributed by atoms with Gasteiger partial charge in [0.2, 0.25) is 0 Å². The number of aryl methyl sites for hydroxylation is 1. The highest BCUT2D eigenvalue weighted by Crippen LogP contribution is 2.31. The molecule has 4 heteroatoms. The summed E-state index contributed by atoms with van der Waals surface area (Å²) in [6, 6.07) is 18.5. The standard InChI is InChI=1S/C20H20N2O2/c1-14-9-10-18-17(11-14)16(15-7-5-4-6-8-15)12-19(21-18)22(2)13-20(23)24-3/h4-12H,13H2,1-3H3. The van der Waals surface area contributed by atoms with Crippen LogP contribution in [0.25, 0.3) is 22.0 Å². The number of benzene rings is 2. The first kappa shape index (κ1) is 16.0. The van der Waals surface area contributed by atoms with Gasteiger partial charge in [-0.15, -0.1) is 0 Å². The van der Waals surface area contributed by atoms with E-state index in [4.69, 9.17) is 9.72 Å². The Morgan fingerprint density at radius 1 is 1.12 bits per heavy atom. The van der Waals surface area contributed by atoms with Gasteiger partial charge in [-0.2, -0.15) is 0 Å². The molecule has 0 saturated heterocycles. The molecular formula is C20H20N2O2. The fourth-order valence-corrected chi connectivity index (χ4v) is 2.72. The quantitative estimate of drug-likeness (QED) is 0.685. The number of nitrogens with zero attached hydrogens (tertiary/aromatic N) is 2. The van der Waals surface area contributed by atoms with Crippen LogP contribution in [0, 0.1) is 6.92 Å². The Morgan fingerprint density at radius 3 is 2.58 bits per heavy atom. The Labute approximate surface area is 141 Å². The summed E-state index contributed by atoms with van der Waals surface area (Å²) in [6.45, 7) is 2.24. The van der Waals surface area contributed by atoms with Crippen LogP contribution in [0.2, 0.25) is 0 Å². The number of hydrogen-bond donors (Lipinski definition) is 0. The van der Waals surface area contributed by atoms with Crippen molar-refractivity contribution in [1.82, 2.24) is 4.98 Å². The number of pyridine rings is 1. The molecule has 0 amide bonds. The number of hydrogen-bond acceptors (Lipinski definition) is 4. The van der Waals surface area contributed by atoms with Crippen LogP contribution >= 0.6 is 0 Å². The Kier molecular flexibility index (Phi) is 4.47. The summed E-state index contributed by atoms with van der Waals surface area (Å²) >= 11 is 0. The summed E-state index contributed by atoms with van der Waals surface area (Å²) in [5.74, 6) is 0.458. The molecule has 0 N–H and O–H groups in total. The van der Waals surface area contributed by atoms with Crippen molar-refractivity contribution in [3.8, 4) is 11.1 Å². The topological polar surface area (TPSA) is 42.4 Å². The maximum atomic E-state index is 11.6. The first-order chi connectivity index (χ1) is 11.6. The fraction of sp³-hybridized carbons (Fsp3) is 0.200. The van der Waals surface area contributed by atoms with Gasteiger partial charge in [0.1, 0.15) is 12.4 Å². The van der Waals surface area contributed by atoms with E-state index >= 15 is 0 Å². The van der Waals surface area contributed by atoms with Crippen LogP contribution in [-0.4, -0.2) is 31.7 Å². The van der Waals surface area contributed by atoms with Gasteiger partial charge in [-0.25, -0.2) is 4.98 Å². The molecule has 0 fully saturated rings. The van der Waals surface area contributed by atoms with Gasteiger partial charge in [-0.1, -0.05) is 42.0 Å². The highest BCUT2D eigenvalue weighted by molar-refractivity contribution is 5.96. The molecular weight excluding hydrogens is 300 g/mol. The molecule has 1 heterocycles. The van der Waals surface area contributed by atoms with Gasteiger partial charge >= 0.3 is 5.97 Å². The second-order valence-corrected chi connectivity index (χ2v) is 5.85. The first-order valence-corrected chi connectivity index (χ1v) is 7.83. The van der Waals surface area contributed by atoms with E-state index in [0.29, 0.717) is 0 Å². The third-order valence-electron chi connectivity index (χ3n) is 4.02. The number of anilines is 1. The molecule has 4 nitrogen and oxygen atoms in total. The van der Waals surface area contributed by atoms with Crippen molar-refractivity contribution in [3.05, 3.63) is 60.2 Å². The van der Waals surface area contributed by atoms with Crippen LogP contribution in [0.1, 0.15) is 5.56 Å². The highest BCUT2D eigenvalue weighted by Gasteiger charge is 2.13. The van der Waals surface area contributed by atoms with E-state index < -0.39 is 0 Å². The van der Waals surface area contributed by atoms with Crippen LogP contribution in [-0.2, 0) is 9.53 Å². The predicted octanol–water partition coefficient (Wildman–Crippen LogP) is 3.82. The largest absolute Gasteiger partial charge is 0.468 e. The maximum absolute atomic E-state index is 11.6. The summed E-state index contributed by atoms with van der Waals surface area (Å²) in [6.07, 6.45) is 0. The van der Waals surface area contributed by atoms with E-state index in [1.165, 1.54) is 12.7 Å². The van der Waals surface area contributed by atoms with Gasteiger partial charge in [0, 0.05) is 12.4 Å². The molecule has 0 aliphatic rings. The average Bonchev–Trinajstić information content (AvgIpc) is 2.61. The molecule has 0 unspecified atom stereocenters. The van der Waals surface area contributed by atoms with Gasteiger partial charge in [-0.05, 0) is 36.2 Å². The van der Waals surface area contributed by atoms with Crippen LogP contribution in [0.15, 0.2) is 54.6 Å². The molecule has 0 bridgehead atoms. The molecule has 24 heavy (non-hydrogen) atoms. The Morgan fingerprint density at radius 2 is 1.88 bits per heavy atom. The van der Waals surface area contributed by atoms with Crippen LogP contribution in [0.3, 0.4) is 0 Å². The third-order valence-corrected chi connectivity index (χ3v) is 4.02. The lowest BCUT2D eigenvalue weighted by Crippen LogP contribution is -2.27. The third kappa shape index (κ3) is 3.23. The van der Waals surface area contributed by atoms with E-state index in [1.807, 2.05) is 43.4 Å². The number of ether oxygens (including phenoxy) is 1. The summed E-state index contributed by atoms with van der Waals surface area (Å²) in [4.78, 5) is 18.1. The minimum atomic E-state index is -0.287. The molecule has 0 radical (unpaired) electrons. The lowest BCUT2D eigenvalue weighted by molar-refractivity contribution is -0.138. The number of fused-ring (bicyclic) bond motifs is 1. The van der Waals surface area contributed by atoms with Crippen LogP contribution in [0.4, 0.5) is 5.82 Å². The minimum Gasteiger partial charge on any atom is -0.468 e. The van der Waals surface area contributed by atoms with E-state index in [1.54, 1.807) is 4.90 Å². The average molecular weight is 320 g/mol. The normalized spacial score (nSPS) is 10.6. The molecule has 3 aromatic rings. The monoisotopic (exact) mass is 320 g/mol. The second kappa shape index (κ2) is 6.71. The fourth-order valence-electron chi connectivity index (χ4n) is 2.72. The van der Waals surface area contributed by atoms with Crippen LogP contribution in [0.5, 0.6) is 0 Å². The lowest BCUT2D eigenvalue weighted by atomic mass is 9.99. The zero-order chi connectivity index (χ0) is 17.1. The molecule has 0 atom stereocenters. The molecule has 0 aliphatic heterocycles. The summed E-state index contributed by atoms with van der Waals surface area (Å²) in [5, 5.41) is 1.11. The Balaban J connectivity index is 2.16. The molecule has 1 aromatic heterocycles. The van der Waals surface area contributed by atoms with Gasteiger partial charge in [-0.3, -0.25) is 4.79 Å². The number of methoxy groups -OCH3 is 1. The van der Waals surface area contributed by atoms with E-state index in [0.717, 1.165) is 27.8 Å². The van der Waals surface area contributed by atoms with Gasteiger partial charge in [0.25, 0.3) is 0 Å². The predicted molar refractivity (Wildman–Crippen MR) is 97.2 cm³/mol. The van der Waals surface area contributed by atoms with Crippen molar-refractivity contribution in [2.24, 2.45) is 0 Å². The summed E-state index contributed by atoms with van der Waals surface area (Å²) in [7, 11) is 3.23. The zero-order valence-electron chi connectivity index (χ0n) is 14.1. The molecule has 2 aromatic carbocycles. The van der Waals surface area contributed by atoms with Crippen molar-refractivity contribution in [2.45, 2.75) is 6.92 Å². The number of carbonyl (C=O) groups excluding carboxylic acids is 1. The smallest absolute Gasteiger partial charge is 0.325 e. The summed E-state index contributed by atoms with van der Waals surface area (Å²) < 4.78 is 4.75.